The van der Waals surface area contributed by atoms with Crippen molar-refractivity contribution in [1.29, 1.82) is 0 Å². The highest BCUT2D eigenvalue weighted by Gasteiger charge is 2.25. The topological polar surface area (TPSA) is 61.4 Å². The minimum Gasteiger partial charge on any atom is -0.338 e. The second kappa shape index (κ2) is 7.68. The van der Waals surface area contributed by atoms with Crippen molar-refractivity contribution in [3.8, 4) is 0 Å². The van der Waals surface area contributed by atoms with Crippen LogP contribution in [0.25, 0.3) is 0 Å². The molecule has 7 heteroatoms. The van der Waals surface area contributed by atoms with Gasteiger partial charge in [-0.3, -0.25) is 4.79 Å². The molecule has 1 aromatic carbocycles. The number of nitrogens with zero attached hydrogens (tertiary/aromatic N) is 1. The molecule has 0 atom stereocenters. The number of para-hydroxylation sites is 1. The second-order valence-corrected chi connectivity index (χ2v) is 7.35. The first-order chi connectivity index (χ1) is 11.6. The van der Waals surface area contributed by atoms with Crippen molar-refractivity contribution < 1.29 is 9.59 Å². The van der Waals surface area contributed by atoms with Crippen molar-refractivity contribution in [2.75, 3.05) is 18.4 Å². The highest BCUT2D eigenvalue weighted by atomic mass is 35.5. The van der Waals surface area contributed by atoms with Crippen LogP contribution >= 0.6 is 22.9 Å². The van der Waals surface area contributed by atoms with E-state index in [-0.39, 0.29) is 18.0 Å². The van der Waals surface area contributed by atoms with Crippen molar-refractivity contribution in [1.82, 2.24) is 10.2 Å². The Balaban J connectivity index is 1.46. The van der Waals surface area contributed by atoms with Gasteiger partial charge in [-0.1, -0.05) is 29.8 Å². The first-order valence-electron chi connectivity index (χ1n) is 7.79. The molecule has 1 aliphatic rings. The Morgan fingerprint density at radius 3 is 2.42 bits per heavy atom. The Labute approximate surface area is 149 Å². The van der Waals surface area contributed by atoms with Gasteiger partial charge in [0, 0.05) is 24.8 Å². The normalized spacial score (nSPS) is 15.1. The number of halogens is 1. The summed E-state index contributed by atoms with van der Waals surface area (Å²) < 4.78 is 0.618. The number of carbonyl (C=O) groups is 2. The molecule has 0 bridgehead atoms. The van der Waals surface area contributed by atoms with E-state index < -0.39 is 0 Å². The minimum atomic E-state index is -0.212. The van der Waals surface area contributed by atoms with Crippen LogP contribution in [0.15, 0.2) is 42.5 Å². The van der Waals surface area contributed by atoms with Crippen molar-refractivity contribution in [3.63, 3.8) is 0 Å². The third-order valence-corrected chi connectivity index (χ3v) is 5.15. The predicted octanol–water partition coefficient (Wildman–Crippen LogP) is 3.83. The number of hydrogen-bond acceptors (Lipinski definition) is 3. The van der Waals surface area contributed by atoms with Crippen LogP contribution in [0.4, 0.5) is 10.5 Å². The number of thiophene rings is 1. The van der Waals surface area contributed by atoms with E-state index in [2.05, 4.69) is 10.6 Å². The van der Waals surface area contributed by atoms with E-state index >= 15 is 0 Å². The molecule has 3 amide bonds. The Morgan fingerprint density at radius 2 is 1.79 bits per heavy atom. The van der Waals surface area contributed by atoms with E-state index in [1.54, 1.807) is 12.1 Å². The van der Waals surface area contributed by atoms with Crippen molar-refractivity contribution in [2.45, 2.75) is 18.9 Å². The van der Waals surface area contributed by atoms with Gasteiger partial charge in [-0.2, -0.15) is 0 Å². The van der Waals surface area contributed by atoms with Crippen molar-refractivity contribution >= 4 is 40.6 Å². The molecule has 5 nitrogen and oxygen atoms in total. The Bertz CT molecular complexity index is 712. The highest BCUT2D eigenvalue weighted by Crippen LogP contribution is 2.24. The van der Waals surface area contributed by atoms with E-state index in [9.17, 15) is 9.59 Å². The minimum absolute atomic E-state index is 0.0130. The summed E-state index contributed by atoms with van der Waals surface area (Å²) in [6.45, 7) is 1.26. The quantitative estimate of drug-likeness (QED) is 0.870. The number of nitrogens with one attached hydrogen (secondary N) is 2. The van der Waals surface area contributed by atoms with Gasteiger partial charge < -0.3 is 15.5 Å². The molecule has 1 fully saturated rings. The van der Waals surface area contributed by atoms with Crippen LogP contribution in [-0.2, 0) is 0 Å². The summed E-state index contributed by atoms with van der Waals surface area (Å²) in [4.78, 5) is 26.8. The van der Waals surface area contributed by atoms with E-state index in [1.807, 2.05) is 35.2 Å². The lowest BCUT2D eigenvalue weighted by Gasteiger charge is -2.32. The average Bonchev–Trinajstić information content (AvgIpc) is 3.02. The molecule has 0 spiro atoms. The fourth-order valence-corrected chi connectivity index (χ4v) is 3.70. The zero-order valence-electron chi connectivity index (χ0n) is 13.0. The van der Waals surface area contributed by atoms with Crippen LogP contribution in [0, 0.1) is 0 Å². The lowest BCUT2D eigenvalue weighted by atomic mass is 10.1. The van der Waals surface area contributed by atoms with Crippen LogP contribution in [0.2, 0.25) is 4.34 Å². The SMILES string of the molecule is O=C(Nc1ccccc1)NC1CCN(C(=O)c2ccc(Cl)s2)CC1. The lowest BCUT2D eigenvalue weighted by Crippen LogP contribution is -2.47. The molecule has 2 aromatic rings. The molecule has 0 unspecified atom stereocenters. The van der Waals surface area contributed by atoms with Crippen LogP contribution < -0.4 is 10.6 Å². The zero-order valence-corrected chi connectivity index (χ0v) is 14.6. The maximum absolute atomic E-state index is 12.4. The molecule has 2 N–H and O–H groups in total. The van der Waals surface area contributed by atoms with Gasteiger partial charge in [0.2, 0.25) is 0 Å². The molecule has 2 heterocycles. The number of urea groups is 1. The number of amides is 3. The Kier molecular flexibility index (Phi) is 5.37. The van der Waals surface area contributed by atoms with Gasteiger partial charge in [0.05, 0.1) is 9.21 Å². The Morgan fingerprint density at radius 1 is 1.08 bits per heavy atom. The predicted molar refractivity (Wildman–Crippen MR) is 96.9 cm³/mol. The Hall–Kier alpha value is -2.05. The first-order valence-corrected chi connectivity index (χ1v) is 8.98. The summed E-state index contributed by atoms with van der Waals surface area (Å²) in [5.41, 5.74) is 0.761. The molecule has 0 saturated carbocycles. The molecule has 1 aromatic heterocycles. The number of anilines is 1. The maximum Gasteiger partial charge on any atom is 0.319 e. The first kappa shape index (κ1) is 16.8. The van der Waals surface area contributed by atoms with Crippen LogP contribution in [0.3, 0.4) is 0 Å². The molecule has 126 valence electrons. The third-order valence-electron chi connectivity index (χ3n) is 3.93. The summed E-state index contributed by atoms with van der Waals surface area (Å²) >= 11 is 7.18. The van der Waals surface area contributed by atoms with Crippen LogP contribution in [0.5, 0.6) is 0 Å². The van der Waals surface area contributed by atoms with Crippen LogP contribution in [-0.4, -0.2) is 36.0 Å². The second-order valence-electron chi connectivity index (χ2n) is 5.63. The monoisotopic (exact) mass is 363 g/mol. The van der Waals surface area contributed by atoms with E-state index in [0.29, 0.717) is 22.3 Å². The van der Waals surface area contributed by atoms with Gasteiger partial charge in [0.15, 0.2) is 0 Å². The van der Waals surface area contributed by atoms with Crippen molar-refractivity contribution in [3.05, 3.63) is 51.7 Å². The molecular formula is C17H18ClN3O2S. The number of carbonyl (C=O) groups excluding carboxylic acids is 2. The van der Waals surface area contributed by atoms with Gasteiger partial charge >= 0.3 is 6.03 Å². The number of likely N-dealkylation sites (tertiary alicyclic amines) is 1. The average molecular weight is 364 g/mol. The molecule has 24 heavy (non-hydrogen) atoms. The standard InChI is InChI=1S/C17H18ClN3O2S/c18-15-7-6-14(24-15)16(22)21-10-8-13(9-11-21)20-17(23)19-12-4-2-1-3-5-12/h1-7,13H,8-11H2,(H2,19,20,23). The lowest BCUT2D eigenvalue weighted by molar-refractivity contribution is 0.0714. The largest absolute Gasteiger partial charge is 0.338 e. The van der Waals surface area contributed by atoms with E-state index in [4.69, 9.17) is 11.6 Å². The summed E-state index contributed by atoms with van der Waals surface area (Å²) in [6, 6.07) is 12.7. The van der Waals surface area contributed by atoms with Gasteiger partial charge in [-0.15, -0.1) is 11.3 Å². The van der Waals surface area contributed by atoms with Crippen LogP contribution in [0.1, 0.15) is 22.5 Å². The fraction of sp³-hybridized carbons (Fsp3) is 0.294. The number of piperidine rings is 1. The highest BCUT2D eigenvalue weighted by molar-refractivity contribution is 7.17. The molecule has 0 radical (unpaired) electrons. The summed E-state index contributed by atoms with van der Waals surface area (Å²) in [5, 5.41) is 5.77. The maximum atomic E-state index is 12.4. The summed E-state index contributed by atoms with van der Waals surface area (Å²) in [5.74, 6) is 0.0130. The van der Waals surface area contributed by atoms with Gasteiger partial charge in [0.25, 0.3) is 5.91 Å². The van der Waals surface area contributed by atoms with E-state index in [0.717, 1.165) is 18.5 Å². The van der Waals surface area contributed by atoms with Gasteiger partial charge in [-0.05, 0) is 37.1 Å². The molecule has 3 rings (SSSR count). The van der Waals surface area contributed by atoms with Gasteiger partial charge in [0.1, 0.15) is 0 Å². The zero-order chi connectivity index (χ0) is 16.9. The molecular weight excluding hydrogens is 346 g/mol. The van der Waals surface area contributed by atoms with Gasteiger partial charge in [-0.25, -0.2) is 4.79 Å². The fourth-order valence-electron chi connectivity index (χ4n) is 2.69. The smallest absolute Gasteiger partial charge is 0.319 e. The molecule has 1 saturated heterocycles. The number of rotatable bonds is 3. The number of benzene rings is 1. The molecule has 1 aliphatic heterocycles. The van der Waals surface area contributed by atoms with E-state index in [1.165, 1.54) is 11.3 Å². The number of hydrogen-bond donors (Lipinski definition) is 2. The molecule has 0 aliphatic carbocycles. The summed E-state index contributed by atoms with van der Waals surface area (Å²) in [6.07, 6.45) is 1.49. The third kappa shape index (κ3) is 4.27. The van der Waals surface area contributed by atoms with Crippen molar-refractivity contribution in [2.24, 2.45) is 0 Å². The summed E-state index contributed by atoms with van der Waals surface area (Å²) in [7, 11) is 0.